The normalized spacial score (nSPS) is 12.2. The van der Waals surface area contributed by atoms with Gasteiger partial charge in [0.2, 0.25) is 11.8 Å². The van der Waals surface area contributed by atoms with Crippen molar-refractivity contribution in [2.75, 3.05) is 19.4 Å². The van der Waals surface area contributed by atoms with Crippen molar-refractivity contribution in [1.82, 2.24) is 29.7 Å². The van der Waals surface area contributed by atoms with Crippen LogP contribution in [0.2, 0.25) is 0 Å². The van der Waals surface area contributed by atoms with Gasteiger partial charge in [-0.25, -0.2) is 18.6 Å². The minimum atomic E-state index is -1.48. The Labute approximate surface area is 228 Å². The van der Waals surface area contributed by atoms with Crippen molar-refractivity contribution in [2.24, 2.45) is 5.92 Å². The van der Waals surface area contributed by atoms with Gasteiger partial charge < -0.3 is 30.2 Å². The molecular weight excluding hydrogens is 528 g/mol. The molecule has 14 heteroatoms. The van der Waals surface area contributed by atoms with Gasteiger partial charge in [0, 0.05) is 26.4 Å². The Bertz CT molecular complexity index is 1500. The van der Waals surface area contributed by atoms with Crippen molar-refractivity contribution in [3.05, 3.63) is 64.1 Å². The molecule has 0 radical (unpaired) electrons. The number of nitrogens with zero attached hydrogens (tertiary/aromatic N) is 4. The first-order chi connectivity index (χ1) is 18.8. The van der Waals surface area contributed by atoms with Crippen LogP contribution >= 0.6 is 0 Å². The largest absolute Gasteiger partial charge is 0.465 e. The third kappa shape index (κ3) is 7.71. The van der Waals surface area contributed by atoms with Gasteiger partial charge in [0.1, 0.15) is 28.9 Å². The Balaban J connectivity index is 1.82. The molecule has 3 heterocycles. The third-order valence-electron chi connectivity index (χ3n) is 5.77. The molecule has 0 saturated carbocycles. The van der Waals surface area contributed by atoms with Crippen LogP contribution in [0, 0.1) is 17.6 Å². The summed E-state index contributed by atoms with van der Waals surface area (Å²) >= 11 is 0. The van der Waals surface area contributed by atoms with Crippen molar-refractivity contribution >= 4 is 34.6 Å². The lowest BCUT2D eigenvalue weighted by atomic mass is 10.1. The molecule has 0 bridgehead atoms. The highest BCUT2D eigenvalue weighted by Crippen LogP contribution is 2.21. The molecule has 4 N–H and O–H groups in total. The summed E-state index contributed by atoms with van der Waals surface area (Å²) in [5.41, 5.74) is -0.192. The van der Waals surface area contributed by atoms with Crippen LogP contribution in [0.4, 0.5) is 19.3 Å². The SMILES string of the molecule is CC(C)Cc1ncc(F)c2nc(Cn3cc(F)cc(NC(=O)C(CC/C=C/C(=O)N(C)C)NC(=O)O)c3=O)[nH]c12. The number of amides is 3. The predicted octanol–water partition coefficient (Wildman–Crippen LogP) is 2.64. The Morgan fingerprint density at radius 2 is 1.98 bits per heavy atom. The molecule has 3 rings (SSSR count). The number of H-pyrrole nitrogens is 1. The molecule has 40 heavy (non-hydrogen) atoms. The van der Waals surface area contributed by atoms with E-state index in [-0.39, 0.29) is 42.6 Å². The van der Waals surface area contributed by atoms with Crippen LogP contribution in [0.15, 0.2) is 35.4 Å². The number of imidazole rings is 1. The number of likely N-dealkylation sites (N-methyl/N-ethyl adjacent to an activating group) is 1. The number of fused-ring (bicyclic) bond motifs is 1. The highest BCUT2D eigenvalue weighted by atomic mass is 19.1. The summed E-state index contributed by atoms with van der Waals surface area (Å²) in [7, 11) is 3.13. The Morgan fingerprint density at radius 3 is 2.62 bits per heavy atom. The number of aromatic amines is 1. The van der Waals surface area contributed by atoms with Crippen molar-refractivity contribution in [1.29, 1.82) is 0 Å². The van der Waals surface area contributed by atoms with Crippen LogP contribution in [-0.4, -0.2) is 67.6 Å². The molecule has 0 aromatic carbocycles. The van der Waals surface area contributed by atoms with Gasteiger partial charge in [0.15, 0.2) is 5.82 Å². The molecule has 1 unspecified atom stereocenters. The van der Waals surface area contributed by atoms with E-state index in [2.05, 4.69) is 25.6 Å². The first kappa shape index (κ1) is 29.9. The fourth-order valence-corrected chi connectivity index (χ4v) is 3.88. The number of hydrogen-bond acceptors (Lipinski definition) is 6. The van der Waals surface area contributed by atoms with E-state index in [1.165, 1.54) is 17.1 Å². The van der Waals surface area contributed by atoms with Crippen LogP contribution < -0.4 is 16.2 Å². The zero-order valence-electron chi connectivity index (χ0n) is 22.5. The van der Waals surface area contributed by atoms with E-state index >= 15 is 0 Å². The fourth-order valence-electron chi connectivity index (χ4n) is 3.88. The Hall–Kier alpha value is -4.62. The fraction of sp³-hybridized carbons (Fsp3) is 0.385. The second kappa shape index (κ2) is 13.0. The molecule has 0 aliphatic heterocycles. The number of carbonyl (C=O) groups excluding carboxylic acids is 2. The molecule has 3 aromatic heterocycles. The molecule has 214 valence electrons. The molecule has 3 aromatic rings. The summed E-state index contributed by atoms with van der Waals surface area (Å²) in [6.45, 7) is 3.70. The van der Waals surface area contributed by atoms with Crippen LogP contribution in [0.25, 0.3) is 11.0 Å². The number of halogens is 2. The summed E-state index contributed by atoms with van der Waals surface area (Å²) in [5, 5.41) is 13.5. The Kier molecular flexibility index (Phi) is 9.69. The maximum Gasteiger partial charge on any atom is 0.405 e. The molecule has 0 fully saturated rings. The second-order valence-corrected chi connectivity index (χ2v) is 9.77. The average molecular weight is 560 g/mol. The predicted molar refractivity (Wildman–Crippen MR) is 143 cm³/mol. The lowest BCUT2D eigenvalue weighted by molar-refractivity contribution is -0.123. The summed E-state index contributed by atoms with van der Waals surface area (Å²) in [5.74, 6) is -2.27. The number of carbonyl (C=O) groups is 3. The summed E-state index contributed by atoms with van der Waals surface area (Å²) < 4.78 is 29.8. The van der Waals surface area contributed by atoms with Crippen LogP contribution in [0.3, 0.4) is 0 Å². The van der Waals surface area contributed by atoms with Gasteiger partial charge >= 0.3 is 6.09 Å². The van der Waals surface area contributed by atoms with E-state index in [9.17, 15) is 28.0 Å². The van der Waals surface area contributed by atoms with Crippen molar-refractivity contribution < 1.29 is 28.3 Å². The summed E-state index contributed by atoms with van der Waals surface area (Å²) in [6, 6.07) is -0.481. The van der Waals surface area contributed by atoms with E-state index in [1.807, 2.05) is 13.8 Å². The van der Waals surface area contributed by atoms with Gasteiger partial charge in [0.25, 0.3) is 5.56 Å². The monoisotopic (exact) mass is 559 g/mol. The summed E-state index contributed by atoms with van der Waals surface area (Å²) in [4.78, 5) is 61.4. The third-order valence-corrected chi connectivity index (χ3v) is 5.77. The van der Waals surface area contributed by atoms with Crippen LogP contribution in [0.1, 0.15) is 38.2 Å². The molecular formula is C26H31F2N7O5. The van der Waals surface area contributed by atoms with Crippen molar-refractivity contribution in [3.8, 4) is 0 Å². The standard InChI is InChI=1S/C26H31F2N7O5/c1-14(2)9-18-23-22(16(28)11-29-18)32-20(33-23)13-35-12-15(27)10-19(25(35)38)30-24(37)17(31-26(39)40)7-5-6-8-21(36)34(3)4/h6,8,10-12,14,17,31H,5,7,9,13H2,1-4H3,(H,30,37)(H,32,33)(H,39,40)/b8-6+. The van der Waals surface area contributed by atoms with Crippen molar-refractivity contribution in [3.63, 3.8) is 0 Å². The minimum absolute atomic E-state index is 0.0316. The molecule has 0 saturated heterocycles. The topological polar surface area (TPSA) is 162 Å². The minimum Gasteiger partial charge on any atom is -0.465 e. The highest BCUT2D eigenvalue weighted by molar-refractivity contribution is 5.96. The van der Waals surface area contributed by atoms with Gasteiger partial charge in [-0.2, -0.15) is 0 Å². The maximum absolute atomic E-state index is 14.5. The second-order valence-electron chi connectivity index (χ2n) is 9.77. The number of aromatic nitrogens is 4. The molecule has 12 nitrogen and oxygen atoms in total. The number of allylic oxidation sites excluding steroid dienone is 1. The van der Waals surface area contributed by atoms with Gasteiger partial charge in [0.05, 0.1) is 24.0 Å². The smallest absolute Gasteiger partial charge is 0.405 e. The lowest BCUT2D eigenvalue weighted by Gasteiger charge is -2.16. The van der Waals surface area contributed by atoms with Crippen molar-refractivity contribution in [2.45, 2.75) is 45.7 Å². The van der Waals surface area contributed by atoms with Gasteiger partial charge in [-0.15, -0.1) is 0 Å². The molecule has 3 amide bonds. The van der Waals surface area contributed by atoms with E-state index in [4.69, 9.17) is 5.11 Å². The molecule has 0 aliphatic carbocycles. The molecule has 1 atom stereocenters. The lowest BCUT2D eigenvalue weighted by Crippen LogP contribution is -2.44. The first-order valence-corrected chi connectivity index (χ1v) is 12.5. The van der Waals surface area contributed by atoms with Gasteiger partial charge in [-0.3, -0.25) is 19.4 Å². The number of nitrogens with one attached hydrogen (secondary N) is 3. The number of carboxylic acid groups (broad SMARTS) is 1. The van der Waals surface area contributed by atoms with Gasteiger partial charge in [-0.05, 0) is 31.3 Å². The van der Waals surface area contributed by atoms with Crippen LogP contribution in [0.5, 0.6) is 0 Å². The molecule has 0 spiro atoms. The average Bonchev–Trinajstić information content (AvgIpc) is 3.29. The van der Waals surface area contributed by atoms with E-state index in [0.717, 1.165) is 23.0 Å². The number of anilines is 1. The summed E-state index contributed by atoms with van der Waals surface area (Å²) in [6.07, 6.45) is 3.97. The Morgan fingerprint density at radius 1 is 1.25 bits per heavy atom. The first-order valence-electron chi connectivity index (χ1n) is 12.5. The number of hydrogen-bond donors (Lipinski definition) is 4. The number of rotatable bonds is 11. The van der Waals surface area contributed by atoms with Crippen LogP contribution in [-0.2, 0) is 22.6 Å². The highest BCUT2D eigenvalue weighted by Gasteiger charge is 2.22. The van der Waals surface area contributed by atoms with E-state index < -0.39 is 40.9 Å². The number of pyridine rings is 2. The zero-order valence-corrected chi connectivity index (χ0v) is 22.5. The zero-order chi connectivity index (χ0) is 29.6. The molecule has 0 aliphatic rings. The van der Waals surface area contributed by atoms with E-state index in [1.54, 1.807) is 14.1 Å². The maximum atomic E-state index is 14.5. The quantitative estimate of drug-likeness (QED) is 0.263. The van der Waals surface area contributed by atoms with Gasteiger partial charge in [-0.1, -0.05) is 19.9 Å². The van der Waals surface area contributed by atoms with E-state index in [0.29, 0.717) is 17.6 Å².